The highest BCUT2D eigenvalue weighted by molar-refractivity contribution is 5.84. The van der Waals surface area contributed by atoms with Gasteiger partial charge in [-0.1, -0.05) is 25.1 Å². The maximum Gasteiger partial charge on any atom is 0.331 e. The van der Waals surface area contributed by atoms with E-state index in [1.165, 1.54) is 20.0 Å². The molecule has 2 atom stereocenters. The van der Waals surface area contributed by atoms with Crippen molar-refractivity contribution in [1.29, 1.82) is 0 Å². The molecule has 3 rings (SSSR count). The van der Waals surface area contributed by atoms with Crippen molar-refractivity contribution >= 4 is 5.97 Å². The van der Waals surface area contributed by atoms with E-state index in [9.17, 15) is 4.79 Å². The highest BCUT2D eigenvalue weighted by Gasteiger charge is 2.50. The van der Waals surface area contributed by atoms with Crippen molar-refractivity contribution in [1.82, 2.24) is 5.32 Å². The van der Waals surface area contributed by atoms with Gasteiger partial charge in [-0.15, -0.1) is 0 Å². The molecule has 1 aromatic rings. The average Bonchev–Trinajstić information content (AvgIpc) is 3.30. The third-order valence-electron chi connectivity index (χ3n) is 4.41. The van der Waals surface area contributed by atoms with Crippen molar-refractivity contribution in [3.63, 3.8) is 0 Å². The van der Waals surface area contributed by atoms with Crippen molar-refractivity contribution in [3.05, 3.63) is 29.8 Å². The fourth-order valence-electron chi connectivity index (χ4n) is 2.96. The van der Waals surface area contributed by atoms with Crippen molar-refractivity contribution in [2.24, 2.45) is 11.8 Å². The number of carbonyl (C=O) groups excluding carboxylic acids is 1. The number of hydrogen-bond donors (Lipinski definition) is 1. The van der Waals surface area contributed by atoms with Gasteiger partial charge < -0.3 is 9.47 Å². The lowest BCUT2D eigenvalue weighted by Gasteiger charge is -2.42. The van der Waals surface area contributed by atoms with Gasteiger partial charge in [0.1, 0.15) is 5.75 Å². The number of ether oxygens (including phenoxy) is 2. The number of hydrogen-bond acceptors (Lipinski definition) is 4. The lowest BCUT2D eigenvalue weighted by Crippen LogP contribution is -2.58. The number of para-hydroxylation sites is 1. The van der Waals surface area contributed by atoms with Crippen molar-refractivity contribution < 1.29 is 14.3 Å². The van der Waals surface area contributed by atoms with Crippen LogP contribution < -0.4 is 10.1 Å². The standard InChI is InChI=1S/C16H21NO3/c1-11-10-20-14-6-4-3-5-13(14)16(11,15(18)19-2)17-9-12-7-8-12/h3-6,11-12,17H,7-10H2,1-2H3. The van der Waals surface area contributed by atoms with E-state index in [-0.39, 0.29) is 11.9 Å². The molecule has 0 amide bonds. The fourth-order valence-corrected chi connectivity index (χ4v) is 2.96. The number of benzene rings is 1. The van der Waals surface area contributed by atoms with Gasteiger partial charge in [0.2, 0.25) is 0 Å². The van der Waals surface area contributed by atoms with Gasteiger partial charge in [0.05, 0.1) is 13.7 Å². The van der Waals surface area contributed by atoms with Crippen LogP contribution in [0.5, 0.6) is 5.75 Å². The maximum absolute atomic E-state index is 12.6. The van der Waals surface area contributed by atoms with Gasteiger partial charge in [-0.25, -0.2) is 4.79 Å². The highest BCUT2D eigenvalue weighted by atomic mass is 16.5. The molecule has 1 saturated carbocycles. The zero-order valence-electron chi connectivity index (χ0n) is 12.0. The zero-order valence-corrected chi connectivity index (χ0v) is 12.0. The van der Waals surface area contributed by atoms with Crippen LogP contribution in [0.1, 0.15) is 25.3 Å². The Hall–Kier alpha value is -1.55. The summed E-state index contributed by atoms with van der Waals surface area (Å²) in [5.74, 6) is 1.28. The molecule has 1 fully saturated rings. The third-order valence-corrected chi connectivity index (χ3v) is 4.41. The third kappa shape index (κ3) is 2.08. The molecule has 1 aromatic carbocycles. The molecule has 4 nitrogen and oxygen atoms in total. The molecule has 0 bridgehead atoms. The fraction of sp³-hybridized carbons (Fsp3) is 0.562. The minimum absolute atomic E-state index is 0.0311. The molecular weight excluding hydrogens is 254 g/mol. The predicted molar refractivity (Wildman–Crippen MR) is 75.5 cm³/mol. The molecule has 1 aliphatic heterocycles. The molecule has 1 heterocycles. The SMILES string of the molecule is COC(=O)C1(NCC2CC2)c2ccccc2OCC1C. The van der Waals surface area contributed by atoms with Crippen LogP contribution in [0.4, 0.5) is 0 Å². The second kappa shape index (κ2) is 5.09. The molecule has 1 N–H and O–H groups in total. The molecule has 0 aromatic heterocycles. The molecule has 20 heavy (non-hydrogen) atoms. The highest BCUT2D eigenvalue weighted by Crippen LogP contribution is 2.42. The summed E-state index contributed by atoms with van der Waals surface area (Å²) in [4.78, 5) is 12.6. The molecule has 0 spiro atoms. The number of carbonyl (C=O) groups is 1. The van der Waals surface area contributed by atoms with Gasteiger partial charge >= 0.3 is 5.97 Å². The Bertz CT molecular complexity index is 512. The summed E-state index contributed by atoms with van der Waals surface area (Å²) >= 11 is 0. The minimum Gasteiger partial charge on any atom is -0.493 e. The summed E-state index contributed by atoms with van der Waals surface area (Å²) in [5.41, 5.74) is 0.109. The van der Waals surface area contributed by atoms with E-state index in [1.807, 2.05) is 31.2 Å². The molecule has 2 aliphatic rings. The summed E-state index contributed by atoms with van der Waals surface area (Å²) in [7, 11) is 1.45. The summed E-state index contributed by atoms with van der Waals surface area (Å²) < 4.78 is 10.9. The van der Waals surface area contributed by atoms with E-state index in [4.69, 9.17) is 9.47 Å². The van der Waals surface area contributed by atoms with Crippen LogP contribution >= 0.6 is 0 Å². The maximum atomic E-state index is 12.6. The van der Waals surface area contributed by atoms with Gasteiger partial charge in [-0.05, 0) is 31.4 Å². The first-order valence-electron chi connectivity index (χ1n) is 7.24. The van der Waals surface area contributed by atoms with Gasteiger partial charge in [-0.2, -0.15) is 0 Å². The normalized spacial score (nSPS) is 28.4. The van der Waals surface area contributed by atoms with Crippen molar-refractivity contribution in [2.75, 3.05) is 20.3 Å². The number of methoxy groups -OCH3 is 1. The topological polar surface area (TPSA) is 47.6 Å². The molecule has 0 saturated heterocycles. The van der Waals surface area contributed by atoms with Crippen LogP contribution in [-0.2, 0) is 15.1 Å². The van der Waals surface area contributed by atoms with E-state index < -0.39 is 5.54 Å². The van der Waals surface area contributed by atoms with Crippen LogP contribution in [0.2, 0.25) is 0 Å². The van der Waals surface area contributed by atoms with E-state index in [1.54, 1.807) is 0 Å². The first kappa shape index (κ1) is 13.4. The van der Waals surface area contributed by atoms with Gasteiger partial charge in [0, 0.05) is 11.5 Å². The van der Waals surface area contributed by atoms with Crippen LogP contribution in [0, 0.1) is 11.8 Å². The number of nitrogens with one attached hydrogen (secondary N) is 1. The second-order valence-corrected chi connectivity index (χ2v) is 5.83. The lowest BCUT2D eigenvalue weighted by molar-refractivity contribution is -0.153. The summed E-state index contributed by atoms with van der Waals surface area (Å²) in [6.07, 6.45) is 2.49. The molecule has 0 radical (unpaired) electrons. The second-order valence-electron chi connectivity index (χ2n) is 5.83. The zero-order chi connectivity index (χ0) is 14.2. The predicted octanol–water partition coefficient (Wildman–Crippen LogP) is 2.08. The lowest BCUT2D eigenvalue weighted by atomic mass is 9.77. The Labute approximate surface area is 119 Å². The Morgan fingerprint density at radius 3 is 2.90 bits per heavy atom. The minimum atomic E-state index is -0.786. The first-order valence-corrected chi connectivity index (χ1v) is 7.24. The van der Waals surface area contributed by atoms with E-state index >= 15 is 0 Å². The van der Waals surface area contributed by atoms with E-state index in [2.05, 4.69) is 5.32 Å². The Kier molecular flexibility index (Phi) is 3.42. The summed E-state index contributed by atoms with van der Waals surface area (Å²) in [5, 5.41) is 3.50. The van der Waals surface area contributed by atoms with Crippen molar-refractivity contribution in [2.45, 2.75) is 25.3 Å². The Morgan fingerprint density at radius 1 is 1.45 bits per heavy atom. The first-order chi connectivity index (χ1) is 9.68. The smallest absolute Gasteiger partial charge is 0.331 e. The quantitative estimate of drug-likeness (QED) is 0.855. The molecule has 4 heteroatoms. The number of esters is 1. The summed E-state index contributed by atoms with van der Waals surface area (Å²) in [6.45, 7) is 3.41. The number of fused-ring (bicyclic) bond motifs is 1. The van der Waals surface area contributed by atoms with E-state index in [0.29, 0.717) is 12.5 Å². The molecule has 108 valence electrons. The van der Waals surface area contributed by atoms with Crippen LogP contribution in [0.3, 0.4) is 0 Å². The monoisotopic (exact) mass is 275 g/mol. The Morgan fingerprint density at radius 2 is 2.20 bits per heavy atom. The molecule has 1 aliphatic carbocycles. The molecular formula is C16H21NO3. The Balaban J connectivity index is 2.02. The van der Waals surface area contributed by atoms with Gasteiger partial charge in [0.25, 0.3) is 0 Å². The van der Waals surface area contributed by atoms with Crippen LogP contribution in [-0.4, -0.2) is 26.2 Å². The van der Waals surface area contributed by atoms with E-state index in [0.717, 1.165) is 17.9 Å². The molecule has 2 unspecified atom stereocenters. The average molecular weight is 275 g/mol. The van der Waals surface area contributed by atoms with Gasteiger partial charge in [0.15, 0.2) is 5.54 Å². The number of rotatable bonds is 4. The van der Waals surface area contributed by atoms with Crippen molar-refractivity contribution in [3.8, 4) is 5.75 Å². The van der Waals surface area contributed by atoms with Crippen LogP contribution in [0.25, 0.3) is 0 Å². The summed E-state index contributed by atoms with van der Waals surface area (Å²) in [6, 6.07) is 7.74. The largest absolute Gasteiger partial charge is 0.493 e. The van der Waals surface area contributed by atoms with Gasteiger partial charge in [-0.3, -0.25) is 5.32 Å². The van der Waals surface area contributed by atoms with Crippen LogP contribution in [0.15, 0.2) is 24.3 Å².